The Bertz CT molecular complexity index is 803. The zero-order valence-corrected chi connectivity index (χ0v) is 13.9. The molecule has 128 valence electrons. The zero-order valence-electron chi connectivity index (χ0n) is 13.9. The van der Waals surface area contributed by atoms with Crippen molar-refractivity contribution >= 4 is 6.09 Å². The number of amides is 1. The predicted octanol–water partition coefficient (Wildman–Crippen LogP) is 3.59. The van der Waals surface area contributed by atoms with Crippen LogP contribution in [0.1, 0.15) is 29.0 Å². The zero-order chi connectivity index (χ0) is 17.5. The molecule has 1 heterocycles. The highest BCUT2D eigenvalue weighted by Crippen LogP contribution is 2.18. The third-order valence-corrected chi connectivity index (χ3v) is 3.63. The highest BCUT2D eigenvalue weighted by atomic mass is 16.5. The number of carbonyl (C=O) groups is 1. The number of ether oxygens (including phenoxy) is 1. The van der Waals surface area contributed by atoms with Crippen molar-refractivity contribution in [3.63, 3.8) is 0 Å². The maximum absolute atomic E-state index is 12.2. The Morgan fingerprint density at radius 1 is 1.04 bits per heavy atom. The summed E-state index contributed by atoms with van der Waals surface area (Å²) < 4.78 is 10.8. The molecule has 0 fully saturated rings. The summed E-state index contributed by atoms with van der Waals surface area (Å²) in [6, 6.07) is 18.8. The standard InChI is InChI=1S/C19H19N3O3/c1-14-21-22-18(25-14)17(12-15-8-4-2-5-9-15)20-19(23)24-13-16-10-6-3-7-11-16/h2-11,17H,12-13H2,1H3,(H,20,23). The maximum Gasteiger partial charge on any atom is 0.408 e. The number of alkyl carbamates (subject to hydrolysis) is 1. The van der Waals surface area contributed by atoms with Crippen molar-refractivity contribution in [3.05, 3.63) is 83.6 Å². The van der Waals surface area contributed by atoms with Crippen LogP contribution in [0, 0.1) is 6.92 Å². The number of hydrogen-bond donors (Lipinski definition) is 1. The summed E-state index contributed by atoms with van der Waals surface area (Å²) in [4.78, 5) is 12.2. The first-order valence-corrected chi connectivity index (χ1v) is 8.02. The van der Waals surface area contributed by atoms with Crippen molar-refractivity contribution in [2.75, 3.05) is 0 Å². The van der Waals surface area contributed by atoms with Crippen molar-refractivity contribution in [3.8, 4) is 0 Å². The van der Waals surface area contributed by atoms with E-state index in [1.165, 1.54) is 0 Å². The van der Waals surface area contributed by atoms with Crippen LogP contribution in [-0.2, 0) is 17.8 Å². The second-order valence-corrected chi connectivity index (χ2v) is 5.61. The average molecular weight is 337 g/mol. The number of nitrogens with zero attached hydrogens (tertiary/aromatic N) is 2. The molecule has 6 heteroatoms. The van der Waals surface area contributed by atoms with E-state index in [0.717, 1.165) is 11.1 Å². The Hall–Kier alpha value is -3.15. The summed E-state index contributed by atoms with van der Waals surface area (Å²) in [6.45, 7) is 1.91. The van der Waals surface area contributed by atoms with Crippen molar-refractivity contribution < 1.29 is 13.9 Å². The molecule has 1 amide bonds. The molecule has 1 unspecified atom stereocenters. The minimum Gasteiger partial charge on any atom is -0.445 e. The van der Waals surface area contributed by atoms with Crippen LogP contribution in [0.3, 0.4) is 0 Å². The van der Waals surface area contributed by atoms with Gasteiger partial charge in [0.25, 0.3) is 0 Å². The number of hydrogen-bond acceptors (Lipinski definition) is 5. The third kappa shape index (κ3) is 4.91. The van der Waals surface area contributed by atoms with Gasteiger partial charge < -0.3 is 14.5 Å². The van der Waals surface area contributed by atoms with Gasteiger partial charge in [-0.25, -0.2) is 4.79 Å². The van der Waals surface area contributed by atoms with Gasteiger partial charge in [-0.1, -0.05) is 60.7 Å². The van der Waals surface area contributed by atoms with Crippen LogP contribution in [0.15, 0.2) is 65.1 Å². The topological polar surface area (TPSA) is 77.2 Å². The van der Waals surface area contributed by atoms with E-state index < -0.39 is 12.1 Å². The Morgan fingerprint density at radius 2 is 1.68 bits per heavy atom. The Balaban J connectivity index is 1.65. The molecular formula is C19H19N3O3. The molecule has 0 saturated carbocycles. The van der Waals surface area contributed by atoms with E-state index in [9.17, 15) is 4.79 Å². The van der Waals surface area contributed by atoms with Gasteiger partial charge in [-0.05, 0) is 11.1 Å². The molecule has 25 heavy (non-hydrogen) atoms. The van der Waals surface area contributed by atoms with E-state index in [1.807, 2.05) is 60.7 Å². The van der Waals surface area contributed by atoms with Gasteiger partial charge in [0.15, 0.2) is 0 Å². The molecule has 6 nitrogen and oxygen atoms in total. The molecule has 0 radical (unpaired) electrons. The molecule has 3 aromatic rings. The molecule has 1 N–H and O–H groups in total. The molecule has 0 aliphatic carbocycles. The highest BCUT2D eigenvalue weighted by molar-refractivity contribution is 5.67. The average Bonchev–Trinajstić information content (AvgIpc) is 3.08. The lowest BCUT2D eigenvalue weighted by atomic mass is 10.1. The van der Waals surface area contributed by atoms with Gasteiger partial charge >= 0.3 is 6.09 Å². The Morgan fingerprint density at radius 3 is 2.28 bits per heavy atom. The SMILES string of the molecule is Cc1nnc(C(Cc2ccccc2)NC(=O)OCc2ccccc2)o1. The number of aryl methyl sites for hydroxylation is 1. The van der Waals surface area contributed by atoms with Crippen LogP contribution < -0.4 is 5.32 Å². The van der Waals surface area contributed by atoms with E-state index in [1.54, 1.807) is 6.92 Å². The van der Waals surface area contributed by atoms with Crippen LogP contribution in [0.2, 0.25) is 0 Å². The van der Waals surface area contributed by atoms with E-state index in [0.29, 0.717) is 18.2 Å². The molecule has 0 aliphatic rings. The highest BCUT2D eigenvalue weighted by Gasteiger charge is 2.21. The maximum atomic E-state index is 12.2. The first-order chi connectivity index (χ1) is 12.2. The second-order valence-electron chi connectivity index (χ2n) is 5.61. The predicted molar refractivity (Wildman–Crippen MR) is 91.7 cm³/mol. The number of aromatic nitrogens is 2. The number of nitrogens with one attached hydrogen (secondary N) is 1. The quantitative estimate of drug-likeness (QED) is 0.744. The van der Waals surface area contributed by atoms with Crippen LogP contribution >= 0.6 is 0 Å². The summed E-state index contributed by atoms with van der Waals surface area (Å²) >= 11 is 0. The van der Waals surface area contributed by atoms with Crippen molar-refractivity contribution in [2.24, 2.45) is 0 Å². The van der Waals surface area contributed by atoms with Crippen LogP contribution in [0.5, 0.6) is 0 Å². The molecule has 0 bridgehead atoms. The van der Waals surface area contributed by atoms with Gasteiger partial charge in [-0.2, -0.15) is 0 Å². The van der Waals surface area contributed by atoms with E-state index in [4.69, 9.17) is 9.15 Å². The van der Waals surface area contributed by atoms with Crippen LogP contribution in [0.25, 0.3) is 0 Å². The summed E-state index contributed by atoms with van der Waals surface area (Å²) in [5.74, 6) is 0.811. The molecule has 1 aromatic heterocycles. The summed E-state index contributed by atoms with van der Waals surface area (Å²) in [5, 5.41) is 10.7. The van der Waals surface area contributed by atoms with Gasteiger partial charge in [-0.3, -0.25) is 0 Å². The van der Waals surface area contributed by atoms with E-state index in [-0.39, 0.29) is 6.61 Å². The minimum atomic E-state index is -0.527. The molecule has 3 rings (SSSR count). The van der Waals surface area contributed by atoms with Crippen molar-refractivity contribution in [2.45, 2.75) is 26.0 Å². The van der Waals surface area contributed by atoms with Crippen molar-refractivity contribution in [1.82, 2.24) is 15.5 Å². The van der Waals surface area contributed by atoms with Crippen LogP contribution in [0.4, 0.5) is 4.79 Å². The molecular weight excluding hydrogens is 318 g/mol. The smallest absolute Gasteiger partial charge is 0.408 e. The van der Waals surface area contributed by atoms with Gasteiger partial charge in [0, 0.05) is 13.3 Å². The lowest BCUT2D eigenvalue weighted by Gasteiger charge is -2.15. The first kappa shape index (κ1) is 16.7. The van der Waals surface area contributed by atoms with Crippen molar-refractivity contribution in [1.29, 1.82) is 0 Å². The lowest BCUT2D eigenvalue weighted by Crippen LogP contribution is -2.30. The fraction of sp³-hybridized carbons (Fsp3) is 0.211. The minimum absolute atomic E-state index is 0.202. The summed E-state index contributed by atoms with van der Waals surface area (Å²) in [7, 11) is 0. The lowest BCUT2D eigenvalue weighted by molar-refractivity contribution is 0.133. The summed E-state index contributed by atoms with van der Waals surface area (Å²) in [6.07, 6.45) is 0.00348. The fourth-order valence-corrected chi connectivity index (χ4v) is 2.41. The fourth-order valence-electron chi connectivity index (χ4n) is 2.41. The molecule has 2 aromatic carbocycles. The molecule has 0 spiro atoms. The van der Waals surface area contributed by atoms with Crippen LogP contribution in [-0.4, -0.2) is 16.3 Å². The summed E-state index contributed by atoms with van der Waals surface area (Å²) in [5.41, 5.74) is 1.97. The first-order valence-electron chi connectivity index (χ1n) is 8.02. The molecule has 0 aliphatic heterocycles. The Labute approximate surface area is 145 Å². The normalized spacial score (nSPS) is 11.7. The largest absolute Gasteiger partial charge is 0.445 e. The number of carbonyl (C=O) groups excluding carboxylic acids is 1. The van der Waals surface area contributed by atoms with Gasteiger partial charge in [-0.15, -0.1) is 10.2 Å². The Kier molecular flexibility index (Phi) is 5.41. The number of rotatable bonds is 6. The molecule has 1 atom stereocenters. The van der Waals surface area contributed by atoms with Gasteiger partial charge in [0.2, 0.25) is 11.8 Å². The van der Waals surface area contributed by atoms with Gasteiger partial charge in [0.1, 0.15) is 12.6 Å². The molecule has 0 saturated heterocycles. The second kappa shape index (κ2) is 8.10. The van der Waals surface area contributed by atoms with E-state index >= 15 is 0 Å². The third-order valence-electron chi connectivity index (χ3n) is 3.63. The number of benzene rings is 2. The monoisotopic (exact) mass is 337 g/mol. The van der Waals surface area contributed by atoms with Gasteiger partial charge in [0.05, 0.1) is 0 Å². The van der Waals surface area contributed by atoms with E-state index in [2.05, 4.69) is 15.5 Å².